The molecule has 20 heavy (non-hydrogen) atoms. The van der Waals surface area contributed by atoms with E-state index < -0.39 is 20.6 Å². The third kappa shape index (κ3) is 4.09. The predicted octanol–water partition coefficient (Wildman–Crippen LogP) is 1.52. The normalized spacial score (nSPS) is 11.5. The number of thioether (sulfide) groups is 1. The van der Waals surface area contributed by atoms with E-state index in [2.05, 4.69) is 4.72 Å². The Hall–Kier alpha value is -1.32. The van der Waals surface area contributed by atoms with Crippen molar-refractivity contribution < 1.29 is 13.3 Å². The molecule has 3 N–H and O–H groups in total. The number of nitro groups is 1. The van der Waals surface area contributed by atoms with Crippen LogP contribution in [-0.2, 0) is 10.0 Å². The van der Waals surface area contributed by atoms with Gasteiger partial charge in [0.05, 0.1) is 9.82 Å². The van der Waals surface area contributed by atoms with Gasteiger partial charge in [0.25, 0.3) is 5.69 Å². The lowest BCUT2D eigenvalue weighted by atomic mass is 10.2. The van der Waals surface area contributed by atoms with Crippen LogP contribution in [0, 0.1) is 17.0 Å². The number of rotatable bonds is 7. The first-order chi connectivity index (χ1) is 9.29. The average molecular weight is 319 g/mol. The van der Waals surface area contributed by atoms with Crippen LogP contribution >= 0.6 is 11.8 Å². The van der Waals surface area contributed by atoms with Crippen LogP contribution < -0.4 is 10.5 Å². The molecule has 112 valence electrons. The Kier molecular flexibility index (Phi) is 5.78. The number of nitrogen functional groups attached to an aromatic ring is 1. The van der Waals surface area contributed by atoms with Gasteiger partial charge < -0.3 is 5.73 Å². The Morgan fingerprint density at radius 3 is 2.65 bits per heavy atom. The molecular formula is C11H17N3O4S2. The molecule has 0 saturated heterocycles. The molecule has 0 unspecified atom stereocenters. The fourth-order valence-corrected chi connectivity index (χ4v) is 3.40. The number of sulfonamides is 1. The molecule has 0 heterocycles. The van der Waals surface area contributed by atoms with Crippen molar-refractivity contribution in [2.24, 2.45) is 0 Å². The summed E-state index contributed by atoms with van der Waals surface area (Å²) in [5.74, 6) is 0.837. The fraction of sp³-hybridized carbons (Fsp3) is 0.455. The summed E-state index contributed by atoms with van der Waals surface area (Å²) in [4.78, 5) is 10.0. The molecule has 0 atom stereocenters. The molecule has 0 fully saturated rings. The van der Waals surface area contributed by atoms with Crippen molar-refractivity contribution >= 4 is 33.2 Å². The van der Waals surface area contributed by atoms with Gasteiger partial charge in [0.2, 0.25) is 10.0 Å². The quantitative estimate of drug-likeness (QED) is 0.341. The van der Waals surface area contributed by atoms with Crippen molar-refractivity contribution in [3.05, 3.63) is 27.8 Å². The zero-order chi connectivity index (χ0) is 15.3. The highest BCUT2D eigenvalue weighted by Crippen LogP contribution is 2.28. The van der Waals surface area contributed by atoms with Crippen LogP contribution in [-0.4, -0.2) is 31.9 Å². The molecule has 0 amide bonds. The van der Waals surface area contributed by atoms with E-state index >= 15 is 0 Å². The summed E-state index contributed by atoms with van der Waals surface area (Å²) >= 11 is 1.62. The van der Waals surface area contributed by atoms with Gasteiger partial charge in [-0.1, -0.05) is 0 Å². The van der Waals surface area contributed by atoms with Crippen LogP contribution in [0.3, 0.4) is 0 Å². The van der Waals surface area contributed by atoms with Crippen molar-refractivity contribution in [1.82, 2.24) is 4.72 Å². The summed E-state index contributed by atoms with van der Waals surface area (Å²) in [6.07, 6.45) is 2.62. The maximum Gasteiger partial charge on any atom is 0.293 e. The van der Waals surface area contributed by atoms with E-state index in [1.54, 1.807) is 18.7 Å². The molecule has 1 aromatic carbocycles. The minimum absolute atomic E-state index is 0.0474. The minimum Gasteiger partial charge on any atom is -0.393 e. The summed E-state index contributed by atoms with van der Waals surface area (Å²) in [7, 11) is -3.76. The van der Waals surface area contributed by atoms with Gasteiger partial charge in [0, 0.05) is 12.6 Å². The Balaban J connectivity index is 3.05. The SMILES string of the molecule is CSCCCNS(=O)(=O)c1cc([N+](=O)[O-])c(N)cc1C. The highest BCUT2D eigenvalue weighted by Gasteiger charge is 2.22. The van der Waals surface area contributed by atoms with E-state index in [0.717, 1.165) is 11.8 Å². The Morgan fingerprint density at radius 1 is 1.45 bits per heavy atom. The highest BCUT2D eigenvalue weighted by molar-refractivity contribution is 7.98. The van der Waals surface area contributed by atoms with Crippen LogP contribution in [0.5, 0.6) is 0 Å². The number of hydrogen-bond donors (Lipinski definition) is 2. The Bertz CT molecular complexity index is 602. The first kappa shape index (κ1) is 16.7. The third-order valence-corrected chi connectivity index (χ3v) is 4.93. The fourth-order valence-electron chi connectivity index (χ4n) is 1.65. The van der Waals surface area contributed by atoms with Crippen LogP contribution in [0.15, 0.2) is 17.0 Å². The molecule has 0 aliphatic rings. The molecule has 7 nitrogen and oxygen atoms in total. The van der Waals surface area contributed by atoms with Crippen LogP contribution in [0.4, 0.5) is 11.4 Å². The van der Waals surface area contributed by atoms with Crippen molar-refractivity contribution in [2.45, 2.75) is 18.2 Å². The molecule has 1 rings (SSSR count). The number of nitro benzene ring substituents is 1. The number of hydrogen-bond acceptors (Lipinski definition) is 6. The molecule has 0 bridgehead atoms. The van der Waals surface area contributed by atoms with Gasteiger partial charge in [-0.15, -0.1) is 0 Å². The second kappa shape index (κ2) is 6.91. The lowest BCUT2D eigenvalue weighted by Gasteiger charge is -2.10. The average Bonchev–Trinajstić information content (AvgIpc) is 2.33. The summed E-state index contributed by atoms with van der Waals surface area (Å²) in [5.41, 5.74) is 5.44. The lowest BCUT2D eigenvalue weighted by Crippen LogP contribution is -2.26. The van der Waals surface area contributed by atoms with E-state index in [9.17, 15) is 18.5 Å². The molecule has 0 aliphatic heterocycles. The third-order valence-electron chi connectivity index (χ3n) is 2.63. The lowest BCUT2D eigenvalue weighted by molar-refractivity contribution is -0.384. The molecular weight excluding hydrogens is 302 g/mol. The van der Waals surface area contributed by atoms with Crippen molar-refractivity contribution in [1.29, 1.82) is 0 Å². The highest BCUT2D eigenvalue weighted by atomic mass is 32.2. The zero-order valence-corrected chi connectivity index (χ0v) is 12.9. The van der Waals surface area contributed by atoms with E-state index in [4.69, 9.17) is 5.73 Å². The van der Waals surface area contributed by atoms with Gasteiger partial charge in [-0.05, 0) is 37.0 Å². The molecule has 1 aromatic rings. The molecule has 0 aliphatic carbocycles. The van der Waals surface area contributed by atoms with E-state index in [1.807, 2.05) is 6.26 Å². The number of nitrogens with two attached hydrogens (primary N) is 1. The number of benzene rings is 1. The monoisotopic (exact) mass is 319 g/mol. The summed E-state index contributed by atoms with van der Waals surface area (Å²) < 4.78 is 26.7. The Morgan fingerprint density at radius 2 is 2.10 bits per heavy atom. The van der Waals surface area contributed by atoms with Crippen molar-refractivity contribution in [2.75, 3.05) is 24.3 Å². The van der Waals surface area contributed by atoms with Crippen LogP contribution in [0.25, 0.3) is 0 Å². The molecule has 0 radical (unpaired) electrons. The number of aryl methyl sites for hydroxylation is 1. The Labute approximate surface area is 122 Å². The van der Waals surface area contributed by atoms with Gasteiger partial charge in [0.1, 0.15) is 5.69 Å². The second-order valence-electron chi connectivity index (χ2n) is 4.18. The van der Waals surface area contributed by atoms with Crippen molar-refractivity contribution in [3.63, 3.8) is 0 Å². The van der Waals surface area contributed by atoms with Gasteiger partial charge in [-0.3, -0.25) is 10.1 Å². The minimum atomic E-state index is -3.76. The second-order valence-corrected chi connectivity index (χ2v) is 6.90. The summed E-state index contributed by atoms with van der Waals surface area (Å²) in [6, 6.07) is 2.30. The van der Waals surface area contributed by atoms with Gasteiger partial charge in [0.15, 0.2) is 0 Å². The first-order valence-corrected chi connectivity index (χ1v) is 8.70. The van der Waals surface area contributed by atoms with Gasteiger partial charge in [-0.25, -0.2) is 13.1 Å². The number of anilines is 1. The van der Waals surface area contributed by atoms with Crippen LogP contribution in [0.2, 0.25) is 0 Å². The van der Waals surface area contributed by atoms with E-state index in [-0.39, 0.29) is 10.6 Å². The topological polar surface area (TPSA) is 115 Å². The van der Waals surface area contributed by atoms with Gasteiger partial charge >= 0.3 is 0 Å². The van der Waals surface area contributed by atoms with E-state index in [1.165, 1.54) is 6.07 Å². The summed E-state index contributed by atoms with van der Waals surface area (Å²) in [5, 5.41) is 10.8. The van der Waals surface area contributed by atoms with Crippen LogP contribution in [0.1, 0.15) is 12.0 Å². The maximum absolute atomic E-state index is 12.1. The first-order valence-electron chi connectivity index (χ1n) is 5.82. The van der Waals surface area contributed by atoms with E-state index in [0.29, 0.717) is 18.5 Å². The smallest absolute Gasteiger partial charge is 0.293 e. The zero-order valence-electron chi connectivity index (χ0n) is 11.3. The molecule has 0 spiro atoms. The van der Waals surface area contributed by atoms with Gasteiger partial charge in [-0.2, -0.15) is 11.8 Å². The largest absolute Gasteiger partial charge is 0.393 e. The van der Waals surface area contributed by atoms with Crippen molar-refractivity contribution in [3.8, 4) is 0 Å². The number of nitrogens with zero attached hydrogens (tertiary/aromatic N) is 1. The standard InChI is InChI=1S/C11H17N3O4S2/c1-8-6-9(12)10(14(15)16)7-11(8)20(17,18)13-4-3-5-19-2/h6-7,13H,3-5,12H2,1-2H3. The maximum atomic E-state index is 12.1. The predicted molar refractivity (Wildman–Crippen MR) is 80.4 cm³/mol. The molecule has 9 heteroatoms. The molecule has 0 saturated carbocycles. The summed E-state index contributed by atoms with van der Waals surface area (Å²) in [6.45, 7) is 1.84. The molecule has 0 aromatic heterocycles. The number of nitrogens with one attached hydrogen (secondary N) is 1.